The molecule has 0 radical (unpaired) electrons. The van der Waals surface area contributed by atoms with Crippen LogP contribution in [-0.4, -0.2) is 27.0 Å². The van der Waals surface area contributed by atoms with Crippen molar-refractivity contribution in [2.75, 3.05) is 5.75 Å². The maximum atomic E-state index is 10.5. The molecule has 6 nitrogen and oxygen atoms in total. The van der Waals surface area contributed by atoms with E-state index >= 15 is 0 Å². The lowest BCUT2D eigenvalue weighted by Gasteiger charge is -2.22. The van der Waals surface area contributed by atoms with E-state index in [-0.39, 0.29) is 23.0 Å². The van der Waals surface area contributed by atoms with Crippen LogP contribution in [0.15, 0.2) is 33.9 Å². The van der Waals surface area contributed by atoms with Gasteiger partial charge in [0, 0.05) is 0 Å². The Morgan fingerprint density at radius 2 is 2.05 bits per heavy atom. The van der Waals surface area contributed by atoms with Gasteiger partial charge in [-0.25, -0.2) is 0 Å². The standard InChI is InChI=1S/C15H18N2O4S/c1-15(2,3)10-6-4-5-7-11(10)20-8-12-16-17-14(21-12)22-9-13(18)19/h4-7H,8-9H2,1-3H3,(H,18,19). The molecule has 7 heteroatoms. The van der Waals surface area contributed by atoms with Crippen molar-refractivity contribution in [3.8, 4) is 5.75 Å². The van der Waals surface area contributed by atoms with E-state index < -0.39 is 5.97 Å². The highest BCUT2D eigenvalue weighted by Crippen LogP contribution is 2.31. The van der Waals surface area contributed by atoms with E-state index in [4.69, 9.17) is 14.3 Å². The van der Waals surface area contributed by atoms with Gasteiger partial charge in [0.25, 0.3) is 11.1 Å². The number of hydrogen-bond acceptors (Lipinski definition) is 6. The fourth-order valence-electron chi connectivity index (χ4n) is 1.83. The molecular weight excluding hydrogens is 304 g/mol. The van der Waals surface area contributed by atoms with Crippen LogP contribution < -0.4 is 4.74 Å². The third-order valence-corrected chi connectivity index (χ3v) is 3.62. The van der Waals surface area contributed by atoms with Crippen molar-refractivity contribution < 1.29 is 19.1 Å². The third-order valence-electron chi connectivity index (χ3n) is 2.81. The molecule has 0 bridgehead atoms. The summed E-state index contributed by atoms with van der Waals surface area (Å²) in [5.74, 6) is 0.0414. The summed E-state index contributed by atoms with van der Waals surface area (Å²) in [7, 11) is 0. The topological polar surface area (TPSA) is 85.5 Å². The number of para-hydroxylation sites is 1. The van der Waals surface area contributed by atoms with Gasteiger partial charge >= 0.3 is 5.97 Å². The number of ether oxygens (including phenoxy) is 1. The van der Waals surface area contributed by atoms with Crippen LogP contribution in [0.4, 0.5) is 0 Å². The summed E-state index contributed by atoms with van der Waals surface area (Å²) in [5, 5.41) is 16.5. The number of carboxylic acids is 1. The molecule has 0 fully saturated rings. The first-order valence-corrected chi connectivity index (χ1v) is 7.74. The van der Waals surface area contributed by atoms with Gasteiger partial charge in [0.15, 0.2) is 6.61 Å². The number of carboxylic acid groups (broad SMARTS) is 1. The Kier molecular flexibility index (Phi) is 5.07. The van der Waals surface area contributed by atoms with E-state index in [1.54, 1.807) is 0 Å². The van der Waals surface area contributed by atoms with E-state index in [0.717, 1.165) is 23.1 Å². The van der Waals surface area contributed by atoms with E-state index in [1.165, 1.54) is 0 Å². The Morgan fingerprint density at radius 1 is 1.32 bits per heavy atom. The molecule has 1 aromatic heterocycles. The first kappa shape index (κ1) is 16.4. The predicted molar refractivity (Wildman–Crippen MR) is 82.1 cm³/mol. The molecule has 0 amide bonds. The lowest BCUT2D eigenvalue weighted by molar-refractivity contribution is -0.133. The lowest BCUT2D eigenvalue weighted by atomic mass is 9.86. The summed E-state index contributed by atoms with van der Waals surface area (Å²) in [5.41, 5.74) is 1.06. The van der Waals surface area contributed by atoms with E-state index in [0.29, 0.717) is 5.89 Å². The maximum absolute atomic E-state index is 10.5. The first-order valence-electron chi connectivity index (χ1n) is 6.75. The van der Waals surface area contributed by atoms with Gasteiger partial charge in [0.2, 0.25) is 0 Å². The van der Waals surface area contributed by atoms with Crippen molar-refractivity contribution in [2.24, 2.45) is 0 Å². The van der Waals surface area contributed by atoms with Crippen LogP contribution in [0.25, 0.3) is 0 Å². The van der Waals surface area contributed by atoms with Crippen molar-refractivity contribution in [1.82, 2.24) is 10.2 Å². The van der Waals surface area contributed by atoms with Crippen LogP contribution in [0.5, 0.6) is 5.75 Å². The molecule has 0 unspecified atom stereocenters. The van der Waals surface area contributed by atoms with Gasteiger partial charge < -0.3 is 14.3 Å². The van der Waals surface area contributed by atoms with Gasteiger partial charge in [-0.1, -0.05) is 50.7 Å². The highest BCUT2D eigenvalue weighted by molar-refractivity contribution is 7.99. The fraction of sp³-hybridized carbons (Fsp3) is 0.400. The number of aromatic nitrogens is 2. The first-order chi connectivity index (χ1) is 10.4. The SMILES string of the molecule is CC(C)(C)c1ccccc1OCc1nnc(SCC(=O)O)o1. The molecule has 0 saturated carbocycles. The maximum Gasteiger partial charge on any atom is 0.314 e. The van der Waals surface area contributed by atoms with E-state index in [9.17, 15) is 4.79 Å². The van der Waals surface area contributed by atoms with E-state index in [1.807, 2.05) is 24.3 Å². The number of benzene rings is 1. The van der Waals surface area contributed by atoms with Gasteiger partial charge in [-0.15, -0.1) is 10.2 Å². The van der Waals surface area contributed by atoms with Crippen LogP contribution >= 0.6 is 11.8 Å². The van der Waals surface area contributed by atoms with Crippen LogP contribution in [0, 0.1) is 0 Å². The number of thioether (sulfide) groups is 1. The summed E-state index contributed by atoms with van der Waals surface area (Å²) in [6, 6.07) is 7.81. The van der Waals surface area contributed by atoms with Gasteiger partial charge in [0.1, 0.15) is 11.5 Å². The largest absolute Gasteiger partial charge is 0.484 e. The minimum Gasteiger partial charge on any atom is -0.484 e. The van der Waals surface area contributed by atoms with Crippen LogP contribution in [0.1, 0.15) is 32.2 Å². The van der Waals surface area contributed by atoms with Crippen LogP contribution in [-0.2, 0) is 16.8 Å². The fourth-order valence-corrected chi connectivity index (χ4v) is 2.33. The normalized spacial score (nSPS) is 11.4. The molecule has 0 atom stereocenters. The molecule has 2 rings (SSSR count). The molecule has 1 aromatic carbocycles. The zero-order valence-corrected chi connectivity index (χ0v) is 13.5. The Balaban J connectivity index is 2.01. The average molecular weight is 322 g/mol. The highest BCUT2D eigenvalue weighted by Gasteiger charge is 2.19. The summed E-state index contributed by atoms with van der Waals surface area (Å²) in [6.45, 7) is 6.49. The molecule has 0 aliphatic carbocycles. The number of carbonyl (C=O) groups is 1. The number of hydrogen-bond donors (Lipinski definition) is 1. The molecule has 0 saturated heterocycles. The minimum atomic E-state index is -0.930. The average Bonchev–Trinajstić information content (AvgIpc) is 2.90. The smallest absolute Gasteiger partial charge is 0.314 e. The number of aliphatic carboxylic acids is 1. The summed E-state index contributed by atoms with van der Waals surface area (Å²) in [4.78, 5) is 10.5. The van der Waals surface area contributed by atoms with Gasteiger partial charge in [-0.3, -0.25) is 4.79 Å². The van der Waals surface area contributed by atoms with Crippen molar-refractivity contribution in [3.63, 3.8) is 0 Å². The Bertz CT molecular complexity index is 649. The van der Waals surface area contributed by atoms with Crippen LogP contribution in [0.3, 0.4) is 0 Å². The molecule has 22 heavy (non-hydrogen) atoms. The Morgan fingerprint density at radius 3 is 2.73 bits per heavy atom. The molecule has 0 aliphatic heterocycles. The van der Waals surface area contributed by atoms with E-state index in [2.05, 4.69) is 31.0 Å². The highest BCUT2D eigenvalue weighted by atomic mass is 32.2. The Labute approximate surface area is 132 Å². The Hall–Kier alpha value is -2.02. The van der Waals surface area contributed by atoms with Gasteiger partial charge in [-0.05, 0) is 17.0 Å². The van der Waals surface area contributed by atoms with Crippen molar-refractivity contribution in [3.05, 3.63) is 35.7 Å². The summed E-state index contributed by atoms with van der Waals surface area (Å²) >= 11 is 0.983. The summed E-state index contributed by atoms with van der Waals surface area (Å²) < 4.78 is 11.1. The predicted octanol–water partition coefficient (Wildman–Crippen LogP) is 3.12. The van der Waals surface area contributed by atoms with Crippen molar-refractivity contribution in [1.29, 1.82) is 0 Å². The molecule has 0 spiro atoms. The zero-order chi connectivity index (χ0) is 16.2. The van der Waals surface area contributed by atoms with Crippen LogP contribution in [0.2, 0.25) is 0 Å². The molecule has 1 N–H and O–H groups in total. The van der Waals surface area contributed by atoms with Gasteiger partial charge in [0.05, 0.1) is 0 Å². The number of rotatable bonds is 6. The molecule has 2 aromatic rings. The molecule has 118 valence electrons. The quantitative estimate of drug-likeness (QED) is 0.818. The van der Waals surface area contributed by atoms with Crippen molar-refractivity contribution in [2.45, 2.75) is 38.0 Å². The number of nitrogens with zero attached hydrogens (tertiary/aromatic N) is 2. The second-order valence-electron chi connectivity index (χ2n) is 5.68. The third kappa shape index (κ3) is 4.49. The van der Waals surface area contributed by atoms with Gasteiger partial charge in [-0.2, -0.15) is 0 Å². The second-order valence-corrected chi connectivity index (χ2v) is 6.61. The minimum absolute atomic E-state index is 0.0338. The molecule has 1 heterocycles. The lowest BCUT2D eigenvalue weighted by Crippen LogP contribution is -2.13. The summed E-state index contributed by atoms with van der Waals surface area (Å²) in [6.07, 6.45) is 0. The zero-order valence-electron chi connectivity index (χ0n) is 12.7. The van der Waals surface area contributed by atoms with Crippen molar-refractivity contribution >= 4 is 17.7 Å². The molecule has 0 aliphatic rings. The molecular formula is C15H18N2O4S. The second kappa shape index (κ2) is 6.83. The monoisotopic (exact) mass is 322 g/mol.